The first-order valence-electron chi connectivity index (χ1n) is 4.85. The van der Waals surface area contributed by atoms with Crippen LogP contribution in [0.25, 0.3) is 0 Å². The average molecular weight is 179 g/mol. The lowest BCUT2D eigenvalue weighted by Gasteiger charge is -2.23. The van der Waals surface area contributed by atoms with Crippen molar-refractivity contribution in [2.24, 2.45) is 0 Å². The van der Waals surface area contributed by atoms with E-state index in [0.717, 1.165) is 6.54 Å². The van der Waals surface area contributed by atoms with Gasteiger partial charge in [0.2, 0.25) is 0 Å². The fourth-order valence-corrected chi connectivity index (χ4v) is 1.83. The Balaban J connectivity index is 2.10. The molecule has 0 spiro atoms. The molecule has 0 aliphatic carbocycles. The fraction of sp³-hybridized carbons (Fsp3) is 0.455. The average Bonchev–Trinajstić information content (AvgIpc) is 2.20. The highest BCUT2D eigenvalue weighted by molar-refractivity contribution is 5.20. The molecule has 0 radical (unpaired) electrons. The minimum atomic E-state index is -0.153. The van der Waals surface area contributed by atoms with Gasteiger partial charge in [0.1, 0.15) is 5.82 Å². The molecule has 2 rings (SSSR count). The molecule has 1 aromatic carbocycles. The van der Waals surface area contributed by atoms with Crippen molar-refractivity contribution in [1.82, 2.24) is 5.32 Å². The highest BCUT2D eigenvalue weighted by Crippen LogP contribution is 2.22. The van der Waals surface area contributed by atoms with Gasteiger partial charge in [-0.1, -0.05) is 18.6 Å². The van der Waals surface area contributed by atoms with Crippen LogP contribution in [0.5, 0.6) is 0 Å². The monoisotopic (exact) mass is 179 g/mol. The molecule has 0 aromatic heterocycles. The minimum Gasteiger partial charge on any atom is -0.310 e. The molecule has 2 heteroatoms. The Bertz CT molecular complexity index is 262. The van der Waals surface area contributed by atoms with E-state index in [1.807, 2.05) is 12.1 Å². The molecule has 0 bridgehead atoms. The van der Waals surface area contributed by atoms with E-state index in [-0.39, 0.29) is 5.82 Å². The summed E-state index contributed by atoms with van der Waals surface area (Å²) in [5.41, 5.74) is 1.21. The van der Waals surface area contributed by atoms with Crippen LogP contribution in [0.1, 0.15) is 30.9 Å². The first kappa shape index (κ1) is 8.70. The molecule has 1 aliphatic rings. The van der Waals surface area contributed by atoms with E-state index in [9.17, 15) is 4.39 Å². The maximum Gasteiger partial charge on any atom is 0.123 e. The van der Waals surface area contributed by atoms with Gasteiger partial charge < -0.3 is 5.32 Å². The van der Waals surface area contributed by atoms with Crippen molar-refractivity contribution >= 4 is 0 Å². The lowest BCUT2D eigenvalue weighted by atomic mass is 9.98. The van der Waals surface area contributed by atoms with E-state index in [1.165, 1.54) is 37.0 Å². The molecular weight excluding hydrogens is 165 g/mol. The van der Waals surface area contributed by atoms with Crippen LogP contribution < -0.4 is 5.32 Å². The summed E-state index contributed by atoms with van der Waals surface area (Å²) in [4.78, 5) is 0. The van der Waals surface area contributed by atoms with Crippen LogP contribution in [0.2, 0.25) is 0 Å². The molecule has 1 atom stereocenters. The fourth-order valence-electron chi connectivity index (χ4n) is 1.83. The Morgan fingerprint density at radius 1 is 1.15 bits per heavy atom. The highest BCUT2D eigenvalue weighted by atomic mass is 19.1. The van der Waals surface area contributed by atoms with Crippen molar-refractivity contribution in [3.05, 3.63) is 35.6 Å². The summed E-state index contributed by atoms with van der Waals surface area (Å²) in [6.07, 6.45) is 3.71. The van der Waals surface area contributed by atoms with Gasteiger partial charge in [0.25, 0.3) is 0 Å². The topological polar surface area (TPSA) is 12.0 Å². The Labute approximate surface area is 78.0 Å². The van der Waals surface area contributed by atoms with Gasteiger partial charge >= 0.3 is 0 Å². The zero-order valence-corrected chi connectivity index (χ0v) is 7.59. The second-order valence-corrected chi connectivity index (χ2v) is 3.55. The summed E-state index contributed by atoms with van der Waals surface area (Å²) in [7, 11) is 0. The lowest BCUT2D eigenvalue weighted by Crippen LogP contribution is -2.26. The van der Waals surface area contributed by atoms with Gasteiger partial charge in [0, 0.05) is 6.04 Å². The number of nitrogens with one attached hydrogen (secondary N) is 1. The van der Waals surface area contributed by atoms with Crippen LogP contribution >= 0.6 is 0 Å². The summed E-state index contributed by atoms with van der Waals surface area (Å²) in [5, 5.41) is 3.43. The summed E-state index contributed by atoms with van der Waals surface area (Å²) in [5.74, 6) is -0.153. The van der Waals surface area contributed by atoms with Crippen molar-refractivity contribution in [1.29, 1.82) is 0 Å². The van der Waals surface area contributed by atoms with Crippen molar-refractivity contribution in [3.8, 4) is 0 Å². The number of piperidine rings is 1. The van der Waals surface area contributed by atoms with Gasteiger partial charge in [0.05, 0.1) is 0 Å². The second kappa shape index (κ2) is 3.88. The van der Waals surface area contributed by atoms with Crippen LogP contribution in [-0.2, 0) is 0 Å². The molecule has 1 aliphatic heterocycles. The normalized spacial score (nSPS) is 23.0. The first-order chi connectivity index (χ1) is 6.36. The van der Waals surface area contributed by atoms with Crippen LogP contribution in [0.4, 0.5) is 4.39 Å². The van der Waals surface area contributed by atoms with Crippen molar-refractivity contribution in [3.63, 3.8) is 0 Å². The Morgan fingerprint density at radius 2 is 1.92 bits per heavy atom. The zero-order chi connectivity index (χ0) is 9.10. The third-order valence-corrected chi connectivity index (χ3v) is 2.58. The Hall–Kier alpha value is -0.890. The third kappa shape index (κ3) is 2.07. The van der Waals surface area contributed by atoms with Crippen LogP contribution in [0.15, 0.2) is 24.3 Å². The summed E-state index contributed by atoms with van der Waals surface area (Å²) < 4.78 is 12.6. The number of hydrogen-bond donors (Lipinski definition) is 1. The molecule has 0 unspecified atom stereocenters. The van der Waals surface area contributed by atoms with Crippen molar-refractivity contribution < 1.29 is 4.39 Å². The number of benzene rings is 1. The minimum absolute atomic E-state index is 0.153. The second-order valence-electron chi connectivity index (χ2n) is 3.55. The van der Waals surface area contributed by atoms with Gasteiger partial charge in [-0.05, 0) is 37.1 Å². The molecule has 1 fully saturated rings. The van der Waals surface area contributed by atoms with Crippen LogP contribution in [0.3, 0.4) is 0 Å². The van der Waals surface area contributed by atoms with E-state index < -0.39 is 0 Å². The summed E-state index contributed by atoms with van der Waals surface area (Å²) in [6.45, 7) is 1.09. The van der Waals surface area contributed by atoms with Crippen molar-refractivity contribution in [2.75, 3.05) is 6.54 Å². The van der Waals surface area contributed by atoms with Crippen LogP contribution in [-0.4, -0.2) is 6.54 Å². The predicted molar refractivity (Wildman–Crippen MR) is 51.0 cm³/mol. The van der Waals surface area contributed by atoms with Gasteiger partial charge in [0.15, 0.2) is 0 Å². The molecule has 0 saturated carbocycles. The number of rotatable bonds is 1. The first-order valence-corrected chi connectivity index (χ1v) is 4.85. The molecule has 1 saturated heterocycles. The SMILES string of the molecule is Fc1ccc([C@H]2CCCCN2)cc1. The van der Waals surface area contributed by atoms with Gasteiger partial charge in [-0.2, -0.15) is 0 Å². The molecule has 1 N–H and O–H groups in total. The van der Waals surface area contributed by atoms with E-state index in [2.05, 4.69) is 5.32 Å². The third-order valence-electron chi connectivity index (χ3n) is 2.58. The highest BCUT2D eigenvalue weighted by Gasteiger charge is 2.13. The molecule has 1 nitrogen and oxygen atoms in total. The van der Waals surface area contributed by atoms with Crippen molar-refractivity contribution in [2.45, 2.75) is 25.3 Å². The maximum atomic E-state index is 12.6. The molecule has 70 valence electrons. The Morgan fingerprint density at radius 3 is 2.54 bits per heavy atom. The summed E-state index contributed by atoms with van der Waals surface area (Å²) in [6, 6.07) is 7.25. The quantitative estimate of drug-likeness (QED) is 0.698. The predicted octanol–water partition coefficient (Wildman–Crippen LogP) is 2.64. The van der Waals surface area contributed by atoms with Crippen LogP contribution in [0, 0.1) is 5.82 Å². The standard InChI is InChI=1S/C11H14FN/c12-10-6-4-9(5-7-10)11-3-1-2-8-13-11/h4-7,11,13H,1-3,8H2/t11-/m1/s1. The van der Waals surface area contributed by atoms with Gasteiger partial charge in [-0.15, -0.1) is 0 Å². The van der Waals surface area contributed by atoms with E-state index >= 15 is 0 Å². The van der Waals surface area contributed by atoms with Gasteiger partial charge in [-0.25, -0.2) is 4.39 Å². The van der Waals surface area contributed by atoms with E-state index in [1.54, 1.807) is 0 Å². The smallest absolute Gasteiger partial charge is 0.123 e. The van der Waals surface area contributed by atoms with E-state index in [4.69, 9.17) is 0 Å². The molecule has 1 aromatic rings. The van der Waals surface area contributed by atoms with E-state index in [0.29, 0.717) is 6.04 Å². The lowest BCUT2D eigenvalue weighted by molar-refractivity contribution is 0.412. The molecule has 13 heavy (non-hydrogen) atoms. The summed E-state index contributed by atoms with van der Waals surface area (Å²) >= 11 is 0. The molecule has 0 amide bonds. The van der Waals surface area contributed by atoms with Gasteiger partial charge in [-0.3, -0.25) is 0 Å². The zero-order valence-electron chi connectivity index (χ0n) is 7.59. The molecule has 1 heterocycles. The Kier molecular flexibility index (Phi) is 2.60. The maximum absolute atomic E-state index is 12.6. The largest absolute Gasteiger partial charge is 0.310 e. The molecular formula is C11H14FN. The number of halogens is 1. The number of hydrogen-bond acceptors (Lipinski definition) is 1.